The van der Waals surface area contributed by atoms with E-state index in [4.69, 9.17) is 23.2 Å². The van der Waals surface area contributed by atoms with Crippen molar-refractivity contribution in [2.24, 2.45) is 0 Å². The van der Waals surface area contributed by atoms with Crippen molar-refractivity contribution < 1.29 is 9.59 Å². The van der Waals surface area contributed by atoms with Gasteiger partial charge < -0.3 is 14.7 Å². The maximum Gasteiger partial charge on any atom is 0.248 e. The highest BCUT2D eigenvalue weighted by molar-refractivity contribution is 6.42. The molecule has 1 aliphatic carbocycles. The maximum atomic E-state index is 13.1. The standard InChI is InChI=1S/C23H29Cl2N3O2/c24-19-7-5-18(17-20(19)25)6-8-21(29)28-16-15-27(22(30)23(28)9-10-23)14-4-13-26-11-2-1-3-12-26/h5-8,17H,1-4,9-16H2. The highest BCUT2D eigenvalue weighted by atomic mass is 35.5. The first-order valence-corrected chi connectivity index (χ1v) is 11.7. The zero-order valence-electron chi connectivity index (χ0n) is 17.3. The predicted octanol–water partition coefficient (Wildman–Crippen LogP) is 4.09. The minimum Gasteiger partial charge on any atom is -0.339 e. The number of hydrogen-bond acceptors (Lipinski definition) is 3. The van der Waals surface area contributed by atoms with E-state index < -0.39 is 5.54 Å². The molecular formula is C23H29Cl2N3O2. The van der Waals surface area contributed by atoms with Crippen LogP contribution in [0.3, 0.4) is 0 Å². The molecule has 0 N–H and O–H groups in total. The van der Waals surface area contributed by atoms with Crippen molar-refractivity contribution in [3.8, 4) is 0 Å². The quantitative estimate of drug-likeness (QED) is 0.614. The molecule has 2 heterocycles. The molecule has 30 heavy (non-hydrogen) atoms. The summed E-state index contributed by atoms with van der Waals surface area (Å²) < 4.78 is 0. The first kappa shape index (κ1) is 21.7. The van der Waals surface area contributed by atoms with E-state index in [2.05, 4.69) is 4.90 Å². The number of hydrogen-bond donors (Lipinski definition) is 0. The SMILES string of the molecule is O=C(C=Cc1ccc(Cl)c(Cl)c1)N1CCN(CCCN2CCCCC2)C(=O)C12CC2. The summed E-state index contributed by atoms with van der Waals surface area (Å²) in [6.07, 6.45) is 9.73. The van der Waals surface area contributed by atoms with Crippen molar-refractivity contribution in [1.82, 2.24) is 14.7 Å². The number of amides is 2. The van der Waals surface area contributed by atoms with E-state index >= 15 is 0 Å². The summed E-state index contributed by atoms with van der Waals surface area (Å²) >= 11 is 12.0. The molecule has 0 unspecified atom stereocenters. The third-order valence-electron chi connectivity index (χ3n) is 6.50. The molecule has 1 aromatic carbocycles. The molecule has 1 spiro atoms. The van der Waals surface area contributed by atoms with Gasteiger partial charge in [-0.3, -0.25) is 9.59 Å². The number of carbonyl (C=O) groups is 2. The largest absolute Gasteiger partial charge is 0.339 e. The lowest BCUT2D eigenvalue weighted by Crippen LogP contribution is -2.60. The molecule has 5 nitrogen and oxygen atoms in total. The predicted molar refractivity (Wildman–Crippen MR) is 121 cm³/mol. The Morgan fingerprint density at radius 1 is 1.00 bits per heavy atom. The molecule has 0 bridgehead atoms. The highest BCUT2D eigenvalue weighted by Crippen LogP contribution is 2.45. The van der Waals surface area contributed by atoms with E-state index in [1.807, 2.05) is 11.0 Å². The van der Waals surface area contributed by atoms with Crippen molar-refractivity contribution in [3.63, 3.8) is 0 Å². The molecule has 0 atom stereocenters. The van der Waals surface area contributed by atoms with Gasteiger partial charge in [-0.05, 0) is 75.5 Å². The Bertz CT molecular complexity index is 832. The summed E-state index contributed by atoms with van der Waals surface area (Å²) in [7, 11) is 0. The Balaban J connectivity index is 1.32. The molecule has 3 aliphatic rings. The minimum absolute atomic E-state index is 0.111. The Hall–Kier alpha value is -1.56. The second-order valence-electron chi connectivity index (χ2n) is 8.58. The summed E-state index contributed by atoms with van der Waals surface area (Å²) in [6, 6.07) is 5.25. The second kappa shape index (κ2) is 9.29. The smallest absolute Gasteiger partial charge is 0.248 e. The fourth-order valence-electron chi connectivity index (χ4n) is 4.62. The molecule has 3 fully saturated rings. The van der Waals surface area contributed by atoms with Crippen LogP contribution in [0.15, 0.2) is 24.3 Å². The Kier molecular flexibility index (Phi) is 6.71. The molecule has 7 heteroatoms. The topological polar surface area (TPSA) is 43.9 Å². The fraction of sp³-hybridized carbons (Fsp3) is 0.565. The van der Waals surface area contributed by atoms with E-state index in [0.29, 0.717) is 23.1 Å². The van der Waals surface area contributed by atoms with E-state index in [0.717, 1.165) is 37.9 Å². The van der Waals surface area contributed by atoms with E-state index in [-0.39, 0.29) is 11.8 Å². The van der Waals surface area contributed by atoms with Crippen molar-refractivity contribution in [2.45, 2.75) is 44.1 Å². The van der Waals surface area contributed by atoms with Crippen molar-refractivity contribution >= 4 is 41.1 Å². The summed E-state index contributed by atoms with van der Waals surface area (Å²) in [6.45, 7) is 5.44. The summed E-state index contributed by atoms with van der Waals surface area (Å²) in [4.78, 5) is 32.2. The molecular weight excluding hydrogens is 421 g/mol. The van der Waals surface area contributed by atoms with Crippen LogP contribution in [0.4, 0.5) is 0 Å². The van der Waals surface area contributed by atoms with Gasteiger partial charge in [-0.25, -0.2) is 0 Å². The van der Waals surface area contributed by atoms with E-state index in [1.54, 1.807) is 29.2 Å². The van der Waals surface area contributed by atoms with Crippen LogP contribution in [-0.4, -0.2) is 71.3 Å². The summed E-state index contributed by atoms with van der Waals surface area (Å²) in [5.41, 5.74) is 0.202. The lowest BCUT2D eigenvalue weighted by molar-refractivity contribution is -0.151. The van der Waals surface area contributed by atoms with Gasteiger partial charge in [-0.1, -0.05) is 35.7 Å². The first-order valence-electron chi connectivity index (χ1n) is 11.0. The average Bonchev–Trinajstić information content (AvgIpc) is 3.54. The molecule has 0 aromatic heterocycles. The van der Waals surface area contributed by atoms with Crippen LogP contribution in [0.1, 0.15) is 44.1 Å². The van der Waals surface area contributed by atoms with Crippen molar-refractivity contribution in [3.05, 3.63) is 39.9 Å². The zero-order valence-corrected chi connectivity index (χ0v) is 18.8. The third kappa shape index (κ3) is 4.68. The van der Waals surface area contributed by atoms with Gasteiger partial charge in [0.25, 0.3) is 0 Å². The lowest BCUT2D eigenvalue weighted by Gasteiger charge is -2.41. The molecule has 2 saturated heterocycles. The fourth-order valence-corrected chi connectivity index (χ4v) is 4.93. The summed E-state index contributed by atoms with van der Waals surface area (Å²) in [5, 5.41) is 0.942. The van der Waals surface area contributed by atoms with Crippen LogP contribution in [0.5, 0.6) is 0 Å². The summed E-state index contributed by atoms with van der Waals surface area (Å²) in [5.74, 6) is 0.0172. The normalized spacial score (nSPS) is 21.6. The molecule has 2 amide bonds. The van der Waals surface area contributed by atoms with Crippen LogP contribution in [0.2, 0.25) is 10.0 Å². The molecule has 1 aromatic rings. The van der Waals surface area contributed by atoms with Gasteiger partial charge in [0.2, 0.25) is 11.8 Å². The van der Waals surface area contributed by atoms with Crippen LogP contribution in [-0.2, 0) is 9.59 Å². The van der Waals surface area contributed by atoms with Crippen LogP contribution in [0.25, 0.3) is 6.08 Å². The first-order chi connectivity index (χ1) is 14.5. The molecule has 4 rings (SSSR count). The monoisotopic (exact) mass is 449 g/mol. The van der Waals surface area contributed by atoms with Gasteiger partial charge in [0.1, 0.15) is 5.54 Å². The van der Waals surface area contributed by atoms with Gasteiger partial charge in [0, 0.05) is 25.7 Å². The van der Waals surface area contributed by atoms with Gasteiger partial charge >= 0.3 is 0 Å². The number of nitrogens with zero attached hydrogens (tertiary/aromatic N) is 3. The highest BCUT2D eigenvalue weighted by Gasteiger charge is 2.59. The number of halogens is 2. The van der Waals surface area contributed by atoms with Crippen LogP contribution < -0.4 is 0 Å². The van der Waals surface area contributed by atoms with Gasteiger partial charge in [0.15, 0.2) is 0 Å². The number of rotatable bonds is 6. The van der Waals surface area contributed by atoms with Gasteiger partial charge in [-0.15, -0.1) is 0 Å². The molecule has 162 valence electrons. The lowest BCUT2D eigenvalue weighted by atomic mass is 10.1. The van der Waals surface area contributed by atoms with Gasteiger partial charge in [0.05, 0.1) is 10.0 Å². The molecule has 2 aliphatic heterocycles. The molecule has 1 saturated carbocycles. The molecule has 0 radical (unpaired) electrons. The van der Waals surface area contributed by atoms with E-state index in [9.17, 15) is 9.59 Å². The van der Waals surface area contributed by atoms with Crippen molar-refractivity contribution in [2.75, 3.05) is 39.3 Å². The zero-order chi connectivity index (χ0) is 21.1. The van der Waals surface area contributed by atoms with Crippen LogP contribution in [0, 0.1) is 0 Å². The number of carbonyl (C=O) groups excluding carboxylic acids is 2. The van der Waals surface area contributed by atoms with E-state index in [1.165, 1.54) is 32.4 Å². The maximum absolute atomic E-state index is 13.1. The average molecular weight is 450 g/mol. The number of piperazine rings is 1. The van der Waals surface area contributed by atoms with Crippen molar-refractivity contribution in [1.29, 1.82) is 0 Å². The second-order valence-corrected chi connectivity index (χ2v) is 9.39. The van der Waals surface area contributed by atoms with Gasteiger partial charge in [-0.2, -0.15) is 0 Å². The Morgan fingerprint density at radius 2 is 1.77 bits per heavy atom. The number of likely N-dealkylation sites (tertiary alicyclic amines) is 1. The number of benzene rings is 1. The third-order valence-corrected chi connectivity index (χ3v) is 7.24. The Labute approximate surface area is 188 Å². The Morgan fingerprint density at radius 3 is 2.47 bits per heavy atom. The van der Waals surface area contributed by atoms with Crippen LogP contribution >= 0.6 is 23.2 Å². The minimum atomic E-state index is -0.609. The number of piperidine rings is 1.